The molecule has 1 atom stereocenters. The standard InChI is InChI=1S/C12H21N3O/c1-2-3-5-11(14)12(16)15(9-4-8-13)10-6-7-10/h10-11H,2-7,9,14H2,1H3. The number of unbranched alkanes of at least 4 members (excludes halogenated alkanes) is 1. The molecule has 0 radical (unpaired) electrons. The molecule has 1 amide bonds. The zero-order chi connectivity index (χ0) is 12.0. The third-order valence-electron chi connectivity index (χ3n) is 2.92. The van der Waals surface area contributed by atoms with Crippen LogP contribution in [0, 0.1) is 11.3 Å². The summed E-state index contributed by atoms with van der Waals surface area (Å²) in [6, 6.07) is 2.06. The van der Waals surface area contributed by atoms with Gasteiger partial charge in [0.05, 0.1) is 18.5 Å². The van der Waals surface area contributed by atoms with Crippen molar-refractivity contribution in [3.63, 3.8) is 0 Å². The molecule has 1 fully saturated rings. The van der Waals surface area contributed by atoms with Crippen LogP contribution in [0.2, 0.25) is 0 Å². The maximum atomic E-state index is 12.0. The smallest absolute Gasteiger partial charge is 0.239 e. The highest BCUT2D eigenvalue weighted by Gasteiger charge is 2.34. The lowest BCUT2D eigenvalue weighted by Crippen LogP contribution is -2.45. The predicted molar refractivity (Wildman–Crippen MR) is 62.5 cm³/mol. The van der Waals surface area contributed by atoms with Gasteiger partial charge in [-0.15, -0.1) is 0 Å². The van der Waals surface area contributed by atoms with Gasteiger partial charge in [-0.05, 0) is 19.3 Å². The fourth-order valence-electron chi connectivity index (χ4n) is 1.79. The number of rotatable bonds is 7. The minimum atomic E-state index is -0.376. The Hall–Kier alpha value is -1.08. The lowest BCUT2D eigenvalue weighted by Gasteiger charge is -2.24. The zero-order valence-electron chi connectivity index (χ0n) is 9.98. The first-order valence-corrected chi connectivity index (χ1v) is 6.13. The molecule has 0 aliphatic heterocycles. The number of hydrogen-bond acceptors (Lipinski definition) is 3. The van der Waals surface area contributed by atoms with Gasteiger partial charge in [-0.1, -0.05) is 19.8 Å². The van der Waals surface area contributed by atoms with Gasteiger partial charge in [0.15, 0.2) is 0 Å². The van der Waals surface area contributed by atoms with Crippen molar-refractivity contribution in [2.24, 2.45) is 5.73 Å². The van der Waals surface area contributed by atoms with E-state index in [9.17, 15) is 4.79 Å². The molecule has 4 nitrogen and oxygen atoms in total. The first-order chi connectivity index (χ1) is 7.70. The summed E-state index contributed by atoms with van der Waals surface area (Å²) in [6.07, 6.45) is 5.34. The SMILES string of the molecule is CCCCC(N)C(=O)N(CCC#N)C1CC1. The van der Waals surface area contributed by atoms with Crippen LogP contribution in [0.5, 0.6) is 0 Å². The van der Waals surface area contributed by atoms with E-state index >= 15 is 0 Å². The monoisotopic (exact) mass is 223 g/mol. The first kappa shape index (κ1) is 13.0. The van der Waals surface area contributed by atoms with Gasteiger partial charge in [-0.2, -0.15) is 5.26 Å². The van der Waals surface area contributed by atoms with Gasteiger partial charge in [0, 0.05) is 12.6 Å². The molecular formula is C12H21N3O. The van der Waals surface area contributed by atoms with Crippen molar-refractivity contribution in [1.29, 1.82) is 5.26 Å². The van der Waals surface area contributed by atoms with Gasteiger partial charge < -0.3 is 10.6 Å². The van der Waals surface area contributed by atoms with Crippen molar-refractivity contribution < 1.29 is 4.79 Å². The number of hydrogen-bond donors (Lipinski definition) is 1. The second kappa shape index (κ2) is 6.49. The zero-order valence-corrected chi connectivity index (χ0v) is 9.98. The summed E-state index contributed by atoms with van der Waals surface area (Å²) in [5.41, 5.74) is 5.87. The molecule has 0 heterocycles. The first-order valence-electron chi connectivity index (χ1n) is 6.13. The van der Waals surface area contributed by atoms with Crippen molar-refractivity contribution in [2.45, 2.75) is 57.5 Å². The van der Waals surface area contributed by atoms with E-state index < -0.39 is 0 Å². The van der Waals surface area contributed by atoms with Crippen LogP contribution in [0.15, 0.2) is 0 Å². The Morgan fingerprint density at radius 3 is 2.81 bits per heavy atom. The van der Waals surface area contributed by atoms with Crippen molar-refractivity contribution in [1.82, 2.24) is 4.90 Å². The summed E-state index contributed by atoms with van der Waals surface area (Å²) in [5, 5.41) is 8.56. The van der Waals surface area contributed by atoms with Gasteiger partial charge in [0.2, 0.25) is 5.91 Å². The highest BCUT2D eigenvalue weighted by molar-refractivity contribution is 5.82. The fourth-order valence-corrected chi connectivity index (χ4v) is 1.79. The maximum Gasteiger partial charge on any atom is 0.239 e. The van der Waals surface area contributed by atoms with Crippen LogP contribution in [0.4, 0.5) is 0 Å². The Morgan fingerprint density at radius 1 is 1.62 bits per heavy atom. The number of carbonyl (C=O) groups excluding carboxylic acids is 1. The largest absolute Gasteiger partial charge is 0.337 e. The molecular weight excluding hydrogens is 202 g/mol. The summed E-state index contributed by atoms with van der Waals surface area (Å²) < 4.78 is 0. The van der Waals surface area contributed by atoms with Gasteiger partial charge in [0.25, 0.3) is 0 Å². The van der Waals surface area contributed by atoms with Gasteiger partial charge in [-0.25, -0.2) is 0 Å². The molecule has 0 saturated heterocycles. The van der Waals surface area contributed by atoms with E-state index in [1.54, 1.807) is 0 Å². The van der Waals surface area contributed by atoms with Crippen LogP contribution >= 0.6 is 0 Å². The van der Waals surface area contributed by atoms with Crippen molar-refractivity contribution in [3.8, 4) is 6.07 Å². The van der Waals surface area contributed by atoms with E-state index in [1.807, 2.05) is 4.90 Å². The molecule has 0 aromatic carbocycles. The minimum absolute atomic E-state index is 0.0335. The number of amides is 1. The highest BCUT2D eigenvalue weighted by Crippen LogP contribution is 2.27. The van der Waals surface area contributed by atoms with Crippen LogP contribution in [0.1, 0.15) is 45.4 Å². The minimum Gasteiger partial charge on any atom is -0.337 e. The van der Waals surface area contributed by atoms with Crippen LogP contribution in [-0.2, 0) is 4.79 Å². The lowest BCUT2D eigenvalue weighted by atomic mass is 10.1. The Balaban J connectivity index is 2.43. The van der Waals surface area contributed by atoms with E-state index in [2.05, 4.69) is 13.0 Å². The normalized spacial score (nSPS) is 16.6. The molecule has 4 heteroatoms. The molecule has 1 aliphatic carbocycles. The molecule has 0 aromatic rings. The average molecular weight is 223 g/mol. The summed E-state index contributed by atoms with van der Waals surface area (Å²) in [6.45, 7) is 2.63. The topological polar surface area (TPSA) is 70.1 Å². The molecule has 90 valence electrons. The second-order valence-corrected chi connectivity index (χ2v) is 4.42. The third-order valence-corrected chi connectivity index (χ3v) is 2.92. The Bertz CT molecular complexity index is 268. The van der Waals surface area contributed by atoms with E-state index in [4.69, 9.17) is 11.0 Å². The van der Waals surface area contributed by atoms with E-state index in [-0.39, 0.29) is 11.9 Å². The Morgan fingerprint density at radius 2 is 2.31 bits per heavy atom. The molecule has 2 N–H and O–H groups in total. The highest BCUT2D eigenvalue weighted by atomic mass is 16.2. The molecule has 1 rings (SSSR count). The summed E-state index contributed by atoms with van der Waals surface area (Å²) in [4.78, 5) is 13.8. The molecule has 0 bridgehead atoms. The number of carbonyl (C=O) groups is 1. The molecule has 0 spiro atoms. The summed E-state index contributed by atoms with van der Waals surface area (Å²) in [5.74, 6) is 0.0335. The molecule has 1 saturated carbocycles. The van der Waals surface area contributed by atoms with Crippen LogP contribution < -0.4 is 5.73 Å². The number of nitrogens with zero attached hydrogens (tertiary/aromatic N) is 2. The molecule has 16 heavy (non-hydrogen) atoms. The molecule has 1 aliphatic rings. The van der Waals surface area contributed by atoms with Gasteiger partial charge in [0.1, 0.15) is 0 Å². The van der Waals surface area contributed by atoms with Crippen molar-refractivity contribution in [2.75, 3.05) is 6.54 Å². The van der Waals surface area contributed by atoms with Crippen LogP contribution in [-0.4, -0.2) is 29.4 Å². The summed E-state index contributed by atoms with van der Waals surface area (Å²) >= 11 is 0. The van der Waals surface area contributed by atoms with E-state index in [0.29, 0.717) is 19.0 Å². The van der Waals surface area contributed by atoms with Gasteiger partial charge in [-0.3, -0.25) is 4.79 Å². The fraction of sp³-hybridized carbons (Fsp3) is 0.833. The van der Waals surface area contributed by atoms with Crippen molar-refractivity contribution in [3.05, 3.63) is 0 Å². The lowest BCUT2D eigenvalue weighted by molar-refractivity contribution is -0.133. The Kier molecular flexibility index (Phi) is 5.27. The van der Waals surface area contributed by atoms with E-state index in [0.717, 1.165) is 32.1 Å². The molecule has 0 aromatic heterocycles. The maximum absolute atomic E-state index is 12.0. The van der Waals surface area contributed by atoms with Crippen LogP contribution in [0.25, 0.3) is 0 Å². The number of nitrogens with two attached hydrogens (primary N) is 1. The quantitative estimate of drug-likeness (QED) is 0.709. The Labute approximate surface area is 97.4 Å². The second-order valence-electron chi connectivity index (χ2n) is 4.42. The molecule has 1 unspecified atom stereocenters. The average Bonchev–Trinajstić information content (AvgIpc) is 3.10. The van der Waals surface area contributed by atoms with Gasteiger partial charge >= 0.3 is 0 Å². The summed E-state index contributed by atoms with van der Waals surface area (Å²) in [7, 11) is 0. The number of nitriles is 1. The van der Waals surface area contributed by atoms with Crippen molar-refractivity contribution >= 4 is 5.91 Å². The van der Waals surface area contributed by atoms with E-state index in [1.165, 1.54) is 0 Å². The van der Waals surface area contributed by atoms with Crippen LogP contribution in [0.3, 0.4) is 0 Å². The third kappa shape index (κ3) is 3.82. The predicted octanol–water partition coefficient (Wildman–Crippen LogP) is 1.41.